The molecule has 0 unspecified atom stereocenters. The Morgan fingerprint density at radius 3 is 2.46 bits per heavy atom. The van der Waals surface area contributed by atoms with Gasteiger partial charge in [0.05, 0.1) is 9.83 Å². The number of aryl methyl sites for hydroxylation is 1. The number of hydrogen-bond donors (Lipinski definition) is 0. The van der Waals surface area contributed by atoms with E-state index in [1.165, 1.54) is 35.1 Å². The number of hydrogen-bond acceptors (Lipinski definition) is 7. The molecule has 2 aliphatic rings. The topological polar surface area (TPSA) is 88.3 Å². The van der Waals surface area contributed by atoms with Gasteiger partial charge in [-0.05, 0) is 66.2 Å². The maximum absolute atomic E-state index is 12.7. The average Bonchev–Trinajstić information content (AvgIpc) is 3.28. The first-order valence-electron chi connectivity index (χ1n) is 12.0. The average molecular weight is 515 g/mol. The number of aliphatic imine (C=N–C) groups is 1. The summed E-state index contributed by atoms with van der Waals surface area (Å²) in [6.45, 7) is 5.70. The van der Waals surface area contributed by atoms with E-state index in [2.05, 4.69) is 46.0 Å². The van der Waals surface area contributed by atoms with Crippen LogP contribution < -0.4 is 9.64 Å². The molecule has 5 rings (SSSR count). The van der Waals surface area contributed by atoms with Gasteiger partial charge >= 0.3 is 0 Å². The van der Waals surface area contributed by atoms with Crippen molar-refractivity contribution in [1.82, 2.24) is 4.90 Å². The molecule has 37 heavy (non-hydrogen) atoms. The van der Waals surface area contributed by atoms with Crippen LogP contribution in [0.3, 0.4) is 0 Å². The molecule has 2 heterocycles. The maximum Gasteiger partial charge on any atom is 0.286 e. The molecule has 1 amide bonds. The van der Waals surface area contributed by atoms with E-state index in [4.69, 9.17) is 4.74 Å². The number of rotatable bonds is 6. The number of nitro groups is 1. The van der Waals surface area contributed by atoms with Crippen LogP contribution in [-0.4, -0.2) is 47.1 Å². The SMILES string of the molecule is Cc1cccc(N2CCN(C3=NC(=O)/C(=C\c4ccccc4OCc4ccc([N+](=O)[O-])cc4)S3)CC2)c1. The fourth-order valence-electron chi connectivity index (χ4n) is 4.26. The predicted octanol–water partition coefficient (Wildman–Crippen LogP) is 5.27. The number of para-hydroxylation sites is 1. The highest BCUT2D eigenvalue weighted by molar-refractivity contribution is 8.18. The Hall–Kier alpha value is -4.11. The minimum absolute atomic E-state index is 0.0398. The van der Waals surface area contributed by atoms with Gasteiger partial charge in [-0.1, -0.05) is 30.3 Å². The van der Waals surface area contributed by atoms with Crippen LogP contribution in [0.1, 0.15) is 16.7 Å². The highest BCUT2D eigenvalue weighted by atomic mass is 32.2. The third kappa shape index (κ3) is 5.83. The van der Waals surface area contributed by atoms with E-state index in [9.17, 15) is 14.9 Å². The molecule has 0 spiro atoms. The largest absolute Gasteiger partial charge is 0.488 e. The zero-order chi connectivity index (χ0) is 25.8. The maximum atomic E-state index is 12.7. The number of amidine groups is 1. The Morgan fingerprint density at radius 2 is 1.73 bits per heavy atom. The Labute approximate surface area is 219 Å². The van der Waals surface area contributed by atoms with Crippen molar-refractivity contribution in [3.05, 3.63) is 105 Å². The number of anilines is 1. The highest BCUT2D eigenvalue weighted by Gasteiger charge is 2.28. The minimum atomic E-state index is -0.428. The van der Waals surface area contributed by atoms with Gasteiger partial charge in [0.1, 0.15) is 12.4 Å². The Balaban J connectivity index is 1.22. The molecular weight excluding hydrogens is 488 g/mol. The summed E-state index contributed by atoms with van der Waals surface area (Å²) < 4.78 is 5.99. The van der Waals surface area contributed by atoms with E-state index in [0.717, 1.165) is 42.5 Å². The van der Waals surface area contributed by atoms with Crippen LogP contribution in [0.15, 0.2) is 82.7 Å². The zero-order valence-electron chi connectivity index (χ0n) is 20.4. The minimum Gasteiger partial charge on any atom is -0.488 e. The van der Waals surface area contributed by atoms with Crippen molar-refractivity contribution in [3.63, 3.8) is 0 Å². The summed E-state index contributed by atoms with van der Waals surface area (Å²) in [6, 6.07) is 22.3. The zero-order valence-corrected chi connectivity index (χ0v) is 21.2. The first-order valence-corrected chi connectivity index (χ1v) is 12.8. The Bertz CT molecular complexity index is 1380. The summed E-state index contributed by atoms with van der Waals surface area (Å²) >= 11 is 1.40. The van der Waals surface area contributed by atoms with Crippen molar-refractivity contribution in [3.8, 4) is 5.75 Å². The second-order valence-corrected chi connectivity index (χ2v) is 9.88. The van der Waals surface area contributed by atoms with Gasteiger partial charge in [0.2, 0.25) is 0 Å². The van der Waals surface area contributed by atoms with Gasteiger partial charge in [0, 0.05) is 49.6 Å². The second-order valence-electron chi connectivity index (χ2n) is 8.87. The molecule has 1 saturated heterocycles. The third-order valence-corrected chi connectivity index (χ3v) is 7.32. The van der Waals surface area contributed by atoms with Crippen molar-refractivity contribution >= 4 is 40.3 Å². The van der Waals surface area contributed by atoms with Gasteiger partial charge in [0.15, 0.2) is 5.17 Å². The number of ether oxygens (including phenoxy) is 1. The predicted molar refractivity (Wildman–Crippen MR) is 147 cm³/mol. The van der Waals surface area contributed by atoms with Crippen LogP contribution in [0, 0.1) is 17.0 Å². The third-order valence-electron chi connectivity index (χ3n) is 6.27. The quantitative estimate of drug-likeness (QED) is 0.251. The lowest BCUT2D eigenvalue weighted by molar-refractivity contribution is -0.384. The van der Waals surface area contributed by atoms with Gasteiger partial charge in [-0.15, -0.1) is 0 Å². The van der Waals surface area contributed by atoms with Gasteiger partial charge in [-0.2, -0.15) is 4.99 Å². The molecule has 9 heteroatoms. The van der Waals surface area contributed by atoms with Crippen LogP contribution in [0.25, 0.3) is 6.08 Å². The number of nitrogens with zero attached hydrogens (tertiary/aromatic N) is 4. The van der Waals surface area contributed by atoms with Gasteiger partial charge in [-0.25, -0.2) is 0 Å². The molecule has 0 radical (unpaired) electrons. The Morgan fingerprint density at radius 1 is 1.00 bits per heavy atom. The number of amides is 1. The van der Waals surface area contributed by atoms with E-state index in [-0.39, 0.29) is 18.2 Å². The summed E-state index contributed by atoms with van der Waals surface area (Å²) in [5.41, 5.74) is 4.10. The summed E-state index contributed by atoms with van der Waals surface area (Å²) in [7, 11) is 0. The van der Waals surface area contributed by atoms with Crippen molar-refractivity contribution in [1.29, 1.82) is 0 Å². The van der Waals surface area contributed by atoms with Gasteiger partial charge in [0.25, 0.3) is 11.6 Å². The first-order chi connectivity index (χ1) is 18.0. The van der Waals surface area contributed by atoms with E-state index in [1.807, 2.05) is 30.3 Å². The fraction of sp³-hybridized carbons (Fsp3) is 0.214. The monoisotopic (exact) mass is 514 g/mol. The normalized spacial score (nSPS) is 16.7. The molecule has 1 fully saturated rings. The standard InChI is InChI=1S/C28H26N4O4S/c1-20-5-4-7-24(17-20)30-13-15-31(16-14-30)28-29-27(33)26(37-28)18-22-6-2-3-8-25(22)36-19-21-9-11-23(12-10-21)32(34)35/h2-12,17-18H,13-16,19H2,1H3/b26-18+. The van der Waals surface area contributed by atoms with E-state index >= 15 is 0 Å². The molecule has 0 aliphatic carbocycles. The molecule has 3 aromatic rings. The van der Waals surface area contributed by atoms with Crippen molar-refractivity contribution in [2.75, 3.05) is 31.1 Å². The lowest BCUT2D eigenvalue weighted by Gasteiger charge is -2.36. The number of non-ortho nitro benzene ring substituents is 1. The summed E-state index contributed by atoms with van der Waals surface area (Å²) in [6.07, 6.45) is 1.82. The number of thioether (sulfide) groups is 1. The molecule has 0 bridgehead atoms. The molecule has 3 aromatic carbocycles. The number of piperazine rings is 1. The molecule has 0 N–H and O–H groups in total. The van der Waals surface area contributed by atoms with Gasteiger partial charge in [-0.3, -0.25) is 14.9 Å². The molecule has 0 atom stereocenters. The van der Waals surface area contributed by atoms with Crippen molar-refractivity contribution in [2.24, 2.45) is 4.99 Å². The van der Waals surface area contributed by atoms with Crippen LogP contribution >= 0.6 is 11.8 Å². The molecule has 2 aliphatic heterocycles. The summed E-state index contributed by atoms with van der Waals surface area (Å²) in [5, 5.41) is 11.6. The van der Waals surface area contributed by atoms with Crippen LogP contribution in [0.2, 0.25) is 0 Å². The van der Waals surface area contributed by atoms with E-state index in [0.29, 0.717) is 10.7 Å². The lowest BCUT2D eigenvalue weighted by atomic mass is 10.1. The number of carbonyl (C=O) groups is 1. The molecule has 8 nitrogen and oxygen atoms in total. The Kier molecular flexibility index (Phi) is 7.23. The highest BCUT2D eigenvalue weighted by Crippen LogP contribution is 2.33. The number of benzene rings is 3. The number of carbonyl (C=O) groups excluding carboxylic acids is 1. The van der Waals surface area contributed by atoms with Crippen molar-refractivity contribution < 1.29 is 14.5 Å². The van der Waals surface area contributed by atoms with E-state index in [1.54, 1.807) is 12.1 Å². The molecule has 0 aromatic heterocycles. The molecule has 188 valence electrons. The van der Waals surface area contributed by atoms with E-state index < -0.39 is 4.92 Å². The molecular formula is C28H26N4O4S. The molecule has 0 saturated carbocycles. The second kappa shape index (κ2) is 10.9. The lowest BCUT2D eigenvalue weighted by Crippen LogP contribution is -2.47. The van der Waals surface area contributed by atoms with Crippen molar-refractivity contribution in [2.45, 2.75) is 13.5 Å². The smallest absolute Gasteiger partial charge is 0.286 e. The summed E-state index contributed by atoms with van der Waals surface area (Å²) in [5.74, 6) is 0.383. The first kappa shape index (κ1) is 24.6. The summed E-state index contributed by atoms with van der Waals surface area (Å²) in [4.78, 5) is 32.6. The van der Waals surface area contributed by atoms with Crippen LogP contribution in [-0.2, 0) is 11.4 Å². The fourth-order valence-corrected chi connectivity index (χ4v) is 5.22. The number of nitro benzene ring substituents is 1. The van der Waals surface area contributed by atoms with Crippen LogP contribution in [0.5, 0.6) is 5.75 Å². The van der Waals surface area contributed by atoms with Gasteiger partial charge < -0.3 is 14.5 Å². The van der Waals surface area contributed by atoms with Crippen LogP contribution in [0.4, 0.5) is 11.4 Å².